The van der Waals surface area contributed by atoms with Crippen LogP contribution in [-0.2, 0) is 6.54 Å². The molecule has 4 aromatic rings. The van der Waals surface area contributed by atoms with E-state index in [-0.39, 0.29) is 11.8 Å². The van der Waals surface area contributed by atoms with Gasteiger partial charge in [-0.05, 0) is 42.7 Å². The average Bonchev–Trinajstić information content (AvgIpc) is 3.38. The number of likely N-dealkylation sites (tertiary alicyclic amines) is 1. The molecule has 1 fully saturated rings. The van der Waals surface area contributed by atoms with Gasteiger partial charge in [-0.15, -0.1) is 0 Å². The highest BCUT2D eigenvalue weighted by molar-refractivity contribution is 5.95. The first kappa shape index (κ1) is 20.9. The summed E-state index contributed by atoms with van der Waals surface area (Å²) in [6, 6.07) is 19.2. The molecule has 0 radical (unpaired) electrons. The fraction of sp³-hybridized carbons (Fsp3) is 0.231. The third kappa shape index (κ3) is 4.77. The lowest BCUT2D eigenvalue weighted by molar-refractivity contribution is 0.0703. The molecule has 0 unspecified atom stereocenters. The number of carbonyl (C=O) groups excluding carboxylic acids is 1. The van der Waals surface area contributed by atoms with E-state index in [4.69, 9.17) is 4.74 Å². The summed E-state index contributed by atoms with van der Waals surface area (Å²) in [5, 5.41) is 4.28. The smallest absolute Gasteiger partial charge is 0.254 e. The van der Waals surface area contributed by atoms with Crippen molar-refractivity contribution in [1.29, 1.82) is 0 Å². The lowest BCUT2D eigenvalue weighted by Gasteiger charge is -2.33. The Bertz CT molecular complexity index is 1210. The molecular formula is C26H25N5O2. The first-order valence-electron chi connectivity index (χ1n) is 11.2. The fourth-order valence-corrected chi connectivity index (χ4v) is 4.29. The highest BCUT2D eigenvalue weighted by atomic mass is 16.5. The van der Waals surface area contributed by atoms with Crippen LogP contribution in [0.3, 0.4) is 0 Å². The number of amides is 1. The van der Waals surface area contributed by atoms with Crippen LogP contribution in [0.4, 0.5) is 0 Å². The van der Waals surface area contributed by atoms with Gasteiger partial charge >= 0.3 is 0 Å². The predicted octanol–water partition coefficient (Wildman–Crippen LogP) is 4.53. The molecule has 0 saturated carbocycles. The maximum absolute atomic E-state index is 13.5. The lowest BCUT2D eigenvalue weighted by Crippen LogP contribution is -2.39. The summed E-state index contributed by atoms with van der Waals surface area (Å²) in [5.41, 5.74) is 2.47. The highest BCUT2D eigenvalue weighted by Crippen LogP contribution is 2.33. The summed E-state index contributed by atoms with van der Waals surface area (Å²) in [4.78, 5) is 24.5. The van der Waals surface area contributed by atoms with Crippen LogP contribution in [0.5, 0.6) is 11.6 Å². The van der Waals surface area contributed by atoms with Crippen molar-refractivity contribution in [3.8, 4) is 11.6 Å². The van der Waals surface area contributed by atoms with E-state index in [0.717, 1.165) is 36.4 Å². The summed E-state index contributed by atoms with van der Waals surface area (Å²) < 4.78 is 7.87. The van der Waals surface area contributed by atoms with Crippen LogP contribution in [0.25, 0.3) is 0 Å². The highest BCUT2D eigenvalue weighted by Gasteiger charge is 2.29. The molecule has 3 heterocycles. The molecule has 5 rings (SSSR count). The van der Waals surface area contributed by atoms with E-state index in [1.54, 1.807) is 18.6 Å². The molecule has 2 aromatic carbocycles. The summed E-state index contributed by atoms with van der Waals surface area (Å²) in [6.07, 6.45) is 8.81. The third-order valence-corrected chi connectivity index (χ3v) is 5.88. The van der Waals surface area contributed by atoms with E-state index in [9.17, 15) is 4.79 Å². The number of aromatic nitrogens is 4. The first-order chi connectivity index (χ1) is 16.3. The largest absolute Gasteiger partial charge is 0.437 e. The molecule has 1 aliphatic heterocycles. The molecule has 1 aliphatic rings. The summed E-state index contributed by atoms with van der Waals surface area (Å²) >= 11 is 0. The second-order valence-corrected chi connectivity index (χ2v) is 8.11. The molecule has 7 heteroatoms. The van der Waals surface area contributed by atoms with Crippen LogP contribution in [0.2, 0.25) is 0 Å². The normalized spacial score (nSPS) is 15.9. The van der Waals surface area contributed by atoms with Crippen molar-refractivity contribution >= 4 is 5.91 Å². The van der Waals surface area contributed by atoms with E-state index in [0.29, 0.717) is 24.5 Å². The Morgan fingerprint density at radius 2 is 1.79 bits per heavy atom. The molecule has 0 spiro atoms. The van der Waals surface area contributed by atoms with Crippen LogP contribution in [-0.4, -0.2) is 43.6 Å². The number of para-hydroxylation sites is 1. The number of hydrogen-bond donors (Lipinski definition) is 0. The summed E-state index contributed by atoms with van der Waals surface area (Å²) in [7, 11) is 0. The second-order valence-electron chi connectivity index (χ2n) is 8.11. The van der Waals surface area contributed by atoms with Crippen LogP contribution >= 0.6 is 0 Å². The van der Waals surface area contributed by atoms with Crippen LogP contribution in [0.1, 0.15) is 40.4 Å². The van der Waals surface area contributed by atoms with Crippen molar-refractivity contribution in [1.82, 2.24) is 24.6 Å². The van der Waals surface area contributed by atoms with Gasteiger partial charge < -0.3 is 9.64 Å². The molecule has 7 nitrogen and oxygen atoms in total. The predicted molar refractivity (Wildman–Crippen MR) is 124 cm³/mol. The number of ether oxygens (including phenoxy) is 1. The van der Waals surface area contributed by atoms with Crippen molar-refractivity contribution in [2.45, 2.75) is 25.3 Å². The molecule has 1 saturated heterocycles. The van der Waals surface area contributed by atoms with Crippen molar-refractivity contribution in [3.05, 3.63) is 102 Å². The molecule has 0 bridgehead atoms. The van der Waals surface area contributed by atoms with Gasteiger partial charge in [0.25, 0.3) is 5.91 Å². The average molecular weight is 440 g/mol. The van der Waals surface area contributed by atoms with Crippen LogP contribution in [0.15, 0.2) is 85.5 Å². The molecular weight excluding hydrogens is 414 g/mol. The Labute approximate surface area is 192 Å². The molecule has 0 aliphatic carbocycles. The SMILES string of the molecule is O=C(c1ccccc1Cn1cccn1)N1CCC[C@H](c2nccnc2Oc2ccccc2)C1. The molecule has 166 valence electrons. The Morgan fingerprint density at radius 3 is 2.64 bits per heavy atom. The molecule has 0 N–H and O–H groups in total. The Morgan fingerprint density at radius 1 is 0.970 bits per heavy atom. The number of hydrogen-bond acceptors (Lipinski definition) is 5. The van der Waals surface area contributed by atoms with Crippen molar-refractivity contribution in [2.75, 3.05) is 13.1 Å². The molecule has 2 aromatic heterocycles. The van der Waals surface area contributed by atoms with E-state index in [1.165, 1.54) is 0 Å². The minimum atomic E-state index is 0.0388. The summed E-state index contributed by atoms with van der Waals surface area (Å²) in [5.74, 6) is 1.32. The zero-order valence-electron chi connectivity index (χ0n) is 18.2. The van der Waals surface area contributed by atoms with Crippen molar-refractivity contribution in [3.63, 3.8) is 0 Å². The number of benzene rings is 2. The van der Waals surface area contributed by atoms with E-state index in [2.05, 4.69) is 15.1 Å². The fourth-order valence-electron chi connectivity index (χ4n) is 4.29. The second kappa shape index (κ2) is 9.65. The van der Waals surface area contributed by atoms with E-state index >= 15 is 0 Å². The molecule has 1 amide bonds. The van der Waals surface area contributed by atoms with Gasteiger partial charge in [0.05, 0.1) is 6.54 Å². The Kier molecular flexibility index (Phi) is 6.10. The molecule has 1 atom stereocenters. The number of piperidine rings is 1. The quantitative estimate of drug-likeness (QED) is 0.441. The van der Waals surface area contributed by atoms with E-state index < -0.39 is 0 Å². The number of nitrogens with zero attached hydrogens (tertiary/aromatic N) is 5. The minimum Gasteiger partial charge on any atom is -0.437 e. The lowest BCUT2D eigenvalue weighted by atomic mass is 9.93. The Balaban J connectivity index is 1.36. The zero-order valence-corrected chi connectivity index (χ0v) is 18.2. The topological polar surface area (TPSA) is 73.1 Å². The van der Waals surface area contributed by atoms with Crippen molar-refractivity contribution < 1.29 is 9.53 Å². The molecule has 33 heavy (non-hydrogen) atoms. The van der Waals surface area contributed by atoms with Gasteiger partial charge in [-0.1, -0.05) is 36.4 Å². The van der Waals surface area contributed by atoms with Gasteiger partial charge in [-0.2, -0.15) is 5.10 Å². The third-order valence-electron chi connectivity index (χ3n) is 5.88. The summed E-state index contributed by atoms with van der Waals surface area (Å²) in [6.45, 7) is 1.87. The van der Waals surface area contributed by atoms with Crippen LogP contribution in [0, 0.1) is 0 Å². The van der Waals surface area contributed by atoms with E-state index in [1.807, 2.05) is 76.4 Å². The van der Waals surface area contributed by atoms with Gasteiger partial charge in [0.1, 0.15) is 11.4 Å². The monoisotopic (exact) mass is 439 g/mol. The number of carbonyl (C=O) groups is 1. The van der Waals surface area contributed by atoms with Gasteiger partial charge in [-0.3, -0.25) is 14.5 Å². The zero-order chi connectivity index (χ0) is 22.5. The maximum Gasteiger partial charge on any atom is 0.254 e. The van der Waals surface area contributed by atoms with Gasteiger partial charge in [0.15, 0.2) is 0 Å². The maximum atomic E-state index is 13.5. The van der Waals surface area contributed by atoms with Gasteiger partial charge in [0, 0.05) is 49.4 Å². The standard InChI is InChI=1S/C26H25N5O2/c32-26(23-12-5-4-8-20(23)19-31-17-7-13-29-31)30-16-6-9-21(18-30)24-25(28-15-14-27-24)33-22-10-2-1-3-11-22/h1-5,7-8,10-15,17,21H,6,9,16,18-19H2/t21-/m0/s1. The Hall–Kier alpha value is -4.00. The van der Waals surface area contributed by atoms with Crippen molar-refractivity contribution in [2.24, 2.45) is 0 Å². The van der Waals surface area contributed by atoms with Gasteiger partial charge in [-0.25, -0.2) is 4.98 Å². The van der Waals surface area contributed by atoms with Gasteiger partial charge in [0.2, 0.25) is 5.88 Å². The number of rotatable bonds is 6. The first-order valence-corrected chi connectivity index (χ1v) is 11.2. The van der Waals surface area contributed by atoms with Crippen LogP contribution < -0.4 is 4.74 Å². The minimum absolute atomic E-state index is 0.0388.